The van der Waals surface area contributed by atoms with Crippen molar-refractivity contribution in [2.75, 3.05) is 16.8 Å². The second-order valence-corrected chi connectivity index (χ2v) is 6.76. The van der Waals surface area contributed by atoms with Crippen LogP contribution in [0, 0.1) is 0 Å². The Hall–Kier alpha value is -3.29. The summed E-state index contributed by atoms with van der Waals surface area (Å²) in [6, 6.07) is 6.64. The van der Waals surface area contributed by atoms with Crippen LogP contribution in [0.2, 0.25) is 0 Å². The average Bonchev–Trinajstić information content (AvgIpc) is 2.57. The van der Waals surface area contributed by atoms with Gasteiger partial charge >= 0.3 is 6.09 Å². The normalized spacial score (nSPS) is 14.0. The molecule has 2 aromatic rings. The van der Waals surface area contributed by atoms with Crippen LogP contribution >= 0.6 is 0 Å². The minimum absolute atomic E-state index is 0.0904. The Bertz CT molecular complexity index is 872. The molecule has 0 unspecified atom stereocenters. The SMILES string of the molecule is CC(C)(C)OC(=O)Nc1cnc(N2CC(=O)c3ccccc3C2=O)nc1. The van der Waals surface area contributed by atoms with E-state index in [0.29, 0.717) is 16.8 Å². The monoisotopic (exact) mass is 354 g/mol. The fraction of sp³-hybridized carbons (Fsp3) is 0.278. The summed E-state index contributed by atoms with van der Waals surface area (Å²) in [6.07, 6.45) is 2.07. The largest absolute Gasteiger partial charge is 0.444 e. The van der Waals surface area contributed by atoms with Crippen LogP contribution in [0.4, 0.5) is 16.4 Å². The van der Waals surface area contributed by atoms with Crippen molar-refractivity contribution in [1.82, 2.24) is 9.97 Å². The Kier molecular flexibility index (Phi) is 4.41. The van der Waals surface area contributed by atoms with Crippen LogP contribution in [0.15, 0.2) is 36.7 Å². The summed E-state index contributed by atoms with van der Waals surface area (Å²) < 4.78 is 5.14. The number of carbonyl (C=O) groups excluding carboxylic acids is 3. The molecular formula is C18H18N4O4. The Balaban J connectivity index is 1.76. The number of benzene rings is 1. The number of Topliss-reactive ketones (excluding diaryl/α,β-unsaturated/α-hetero) is 1. The van der Waals surface area contributed by atoms with Crippen molar-refractivity contribution in [3.05, 3.63) is 47.8 Å². The number of ketones is 1. The van der Waals surface area contributed by atoms with Gasteiger partial charge in [-0.15, -0.1) is 0 Å². The van der Waals surface area contributed by atoms with E-state index in [4.69, 9.17) is 4.74 Å². The molecule has 0 saturated heterocycles. The molecular weight excluding hydrogens is 336 g/mol. The molecule has 8 nitrogen and oxygen atoms in total. The Morgan fingerprint density at radius 1 is 1.12 bits per heavy atom. The Morgan fingerprint density at radius 3 is 2.35 bits per heavy atom. The molecule has 1 aliphatic heterocycles. The van der Waals surface area contributed by atoms with Crippen LogP contribution < -0.4 is 10.2 Å². The minimum Gasteiger partial charge on any atom is -0.444 e. The summed E-state index contributed by atoms with van der Waals surface area (Å²) in [5.41, 5.74) is 0.415. The van der Waals surface area contributed by atoms with Crippen molar-refractivity contribution in [3.63, 3.8) is 0 Å². The summed E-state index contributed by atoms with van der Waals surface area (Å²) in [4.78, 5) is 45.9. The van der Waals surface area contributed by atoms with Crippen LogP contribution in [0.3, 0.4) is 0 Å². The van der Waals surface area contributed by atoms with Crippen molar-refractivity contribution in [1.29, 1.82) is 0 Å². The highest BCUT2D eigenvalue weighted by Gasteiger charge is 2.31. The lowest BCUT2D eigenvalue weighted by atomic mass is 9.98. The number of hydrogen-bond acceptors (Lipinski definition) is 6. The maximum atomic E-state index is 12.6. The second-order valence-electron chi connectivity index (χ2n) is 6.76. The molecule has 0 atom stereocenters. The molecule has 0 bridgehead atoms. The lowest BCUT2D eigenvalue weighted by molar-refractivity contribution is 0.0635. The molecule has 1 aromatic carbocycles. The smallest absolute Gasteiger partial charge is 0.412 e. The molecule has 0 saturated carbocycles. The number of nitrogens with one attached hydrogen (secondary N) is 1. The Labute approximate surface area is 150 Å². The summed E-state index contributed by atoms with van der Waals surface area (Å²) in [6.45, 7) is 5.13. The van der Waals surface area contributed by atoms with Crippen LogP contribution in [0.25, 0.3) is 0 Å². The number of ether oxygens (including phenoxy) is 1. The summed E-state index contributed by atoms with van der Waals surface area (Å²) >= 11 is 0. The zero-order chi connectivity index (χ0) is 18.9. The van der Waals surface area contributed by atoms with Gasteiger partial charge in [-0.1, -0.05) is 18.2 Å². The standard InChI is InChI=1S/C18H18N4O4/c1-18(2,3)26-17(25)21-11-8-19-16(20-9-11)22-10-14(23)12-6-4-5-7-13(12)15(22)24/h4-9H,10H2,1-3H3,(H,21,25). The van der Waals surface area contributed by atoms with Crippen LogP contribution in [0.1, 0.15) is 41.5 Å². The molecule has 0 spiro atoms. The lowest BCUT2D eigenvalue weighted by Gasteiger charge is -2.25. The van der Waals surface area contributed by atoms with Gasteiger partial charge in [-0.2, -0.15) is 0 Å². The van der Waals surface area contributed by atoms with Gasteiger partial charge in [-0.3, -0.25) is 19.8 Å². The van der Waals surface area contributed by atoms with Crippen molar-refractivity contribution in [2.45, 2.75) is 26.4 Å². The molecule has 26 heavy (non-hydrogen) atoms. The number of rotatable bonds is 2. The molecule has 3 rings (SSSR count). The molecule has 1 aliphatic rings. The number of aromatic nitrogens is 2. The molecule has 0 aliphatic carbocycles. The number of anilines is 2. The van der Waals surface area contributed by atoms with E-state index in [1.807, 2.05) is 0 Å². The van der Waals surface area contributed by atoms with Crippen LogP contribution in [-0.2, 0) is 4.74 Å². The number of hydrogen-bond donors (Lipinski definition) is 1. The molecule has 8 heteroatoms. The van der Waals surface area contributed by atoms with Crippen molar-refractivity contribution < 1.29 is 19.1 Å². The highest BCUT2D eigenvalue weighted by molar-refractivity contribution is 6.20. The highest BCUT2D eigenvalue weighted by Crippen LogP contribution is 2.22. The third-order valence-electron chi connectivity index (χ3n) is 3.53. The number of nitrogens with zero attached hydrogens (tertiary/aromatic N) is 3. The molecule has 0 radical (unpaired) electrons. The first kappa shape index (κ1) is 17.5. The highest BCUT2D eigenvalue weighted by atomic mass is 16.6. The maximum Gasteiger partial charge on any atom is 0.412 e. The van der Waals surface area contributed by atoms with Crippen molar-refractivity contribution >= 4 is 29.4 Å². The van der Waals surface area contributed by atoms with Crippen molar-refractivity contribution in [3.8, 4) is 0 Å². The van der Waals surface area contributed by atoms with E-state index < -0.39 is 11.7 Å². The lowest BCUT2D eigenvalue weighted by Crippen LogP contribution is -2.42. The van der Waals surface area contributed by atoms with Gasteiger partial charge in [0.05, 0.1) is 30.2 Å². The summed E-state index contributed by atoms with van der Waals surface area (Å²) in [7, 11) is 0. The zero-order valence-corrected chi connectivity index (χ0v) is 14.6. The molecule has 134 valence electrons. The molecule has 2 heterocycles. The van der Waals surface area contributed by atoms with Gasteiger partial charge in [0, 0.05) is 5.56 Å². The van der Waals surface area contributed by atoms with E-state index in [9.17, 15) is 14.4 Å². The number of amides is 2. The second kappa shape index (κ2) is 6.55. The van der Waals surface area contributed by atoms with Crippen LogP contribution in [0.5, 0.6) is 0 Å². The molecule has 1 N–H and O–H groups in total. The fourth-order valence-electron chi connectivity index (χ4n) is 2.47. The number of carbonyl (C=O) groups is 3. The third-order valence-corrected chi connectivity index (χ3v) is 3.53. The summed E-state index contributed by atoms with van der Waals surface area (Å²) in [5.74, 6) is -0.430. The van der Waals surface area contributed by atoms with Crippen LogP contribution in [-0.4, -0.2) is 39.9 Å². The third kappa shape index (κ3) is 3.69. The van der Waals surface area contributed by atoms with Gasteiger partial charge in [0.25, 0.3) is 5.91 Å². The van der Waals surface area contributed by atoms with Gasteiger partial charge in [0.2, 0.25) is 5.95 Å². The topological polar surface area (TPSA) is 101 Å². The number of fused-ring (bicyclic) bond motifs is 1. The van der Waals surface area contributed by atoms with E-state index in [-0.39, 0.29) is 24.2 Å². The first-order valence-corrected chi connectivity index (χ1v) is 8.01. The minimum atomic E-state index is -0.632. The van der Waals surface area contributed by atoms with Gasteiger partial charge in [-0.25, -0.2) is 14.8 Å². The Morgan fingerprint density at radius 2 is 1.73 bits per heavy atom. The molecule has 2 amide bonds. The molecule has 1 aromatic heterocycles. The summed E-state index contributed by atoms with van der Waals surface area (Å²) in [5, 5.41) is 2.51. The first-order chi connectivity index (χ1) is 12.2. The van der Waals surface area contributed by atoms with Crippen molar-refractivity contribution in [2.24, 2.45) is 0 Å². The van der Waals surface area contributed by atoms with Gasteiger partial charge in [-0.05, 0) is 26.8 Å². The van der Waals surface area contributed by atoms with E-state index in [0.717, 1.165) is 0 Å². The average molecular weight is 354 g/mol. The van der Waals surface area contributed by atoms with Gasteiger partial charge < -0.3 is 4.74 Å². The fourth-order valence-corrected chi connectivity index (χ4v) is 2.47. The van der Waals surface area contributed by atoms with E-state index in [1.54, 1.807) is 45.0 Å². The van der Waals surface area contributed by atoms with Gasteiger partial charge in [0.1, 0.15) is 5.60 Å². The van der Waals surface area contributed by atoms with E-state index in [2.05, 4.69) is 15.3 Å². The quantitative estimate of drug-likeness (QED) is 0.890. The molecule has 0 fully saturated rings. The predicted molar refractivity (Wildman–Crippen MR) is 94.3 cm³/mol. The zero-order valence-electron chi connectivity index (χ0n) is 14.6. The first-order valence-electron chi connectivity index (χ1n) is 8.01. The predicted octanol–water partition coefficient (Wildman–Crippen LogP) is 2.67. The van der Waals surface area contributed by atoms with E-state index >= 15 is 0 Å². The maximum absolute atomic E-state index is 12.6. The van der Waals surface area contributed by atoms with Gasteiger partial charge in [0.15, 0.2) is 5.78 Å². The van der Waals surface area contributed by atoms with E-state index in [1.165, 1.54) is 17.3 Å².